The summed E-state index contributed by atoms with van der Waals surface area (Å²) >= 11 is 0. The lowest BCUT2D eigenvalue weighted by molar-refractivity contribution is -0.135. The van der Waals surface area contributed by atoms with Gasteiger partial charge in [-0.15, -0.1) is 0 Å². The predicted octanol–water partition coefficient (Wildman–Crippen LogP) is 4.47. The fourth-order valence-electron chi connectivity index (χ4n) is 4.95. The zero-order valence-corrected chi connectivity index (χ0v) is 20.4. The number of hydrogen-bond donors (Lipinski definition) is 2. The summed E-state index contributed by atoms with van der Waals surface area (Å²) in [5, 5.41) is 11.4. The van der Waals surface area contributed by atoms with Crippen LogP contribution in [0.1, 0.15) is 23.5 Å². The molecule has 3 heterocycles. The molecule has 1 aliphatic rings. The quantitative estimate of drug-likeness (QED) is 0.267. The van der Waals surface area contributed by atoms with Gasteiger partial charge in [-0.1, -0.05) is 12.1 Å². The molecule has 9 nitrogen and oxygen atoms in total. The molecule has 1 aliphatic heterocycles. The SMILES string of the molecule is COc1ccc(-c2coc3c4c(cc(O)c3c2=O)OC(=O)C[C@H]4c2cc3cc(OC)ccc3[nH]c2=O)cc1. The maximum atomic E-state index is 13.6. The van der Waals surface area contributed by atoms with Gasteiger partial charge in [0.15, 0.2) is 0 Å². The van der Waals surface area contributed by atoms with Gasteiger partial charge in [-0.3, -0.25) is 14.4 Å². The number of esters is 1. The minimum absolute atomic E-state index is 0.0294. The van der Waals surface area contributed by atoms with Crippen molar-refractivity contribution >= 4 is 27.8 Å². The molecule has 0 radical (unpaired) electrons. The van der Waals surface area contributed by atoms with E-state index in [2.05, 4.69) is 4.98 Å². The van der Waals surface area contributed by atoms with Crippen molar-refractivity contribution in [3.8, 4) is 34.1 Å². The van der Waals surface area contributed by atoms with E-state index in [-0.39, 0.29) is 34.3 Å². The number of fused-ring (bicyclic) bond motifs is 4. The Kier molecular flexibility index (Phi) is 5.41. The number of carbonyl (C=O) groups excluding carboxylic acids is 1. The lowest BCUT2D eigenvalue weighted by Crippen LogP contribution is -2.26. The van der Waals surface area contributed by atoms with Gasteiger partial charge in [0.2, 0.25) is 5.43 Å². The number of aromatic nitrogens is 1. The Labute approximate surface area is 214 Å². The van der Waals surface area contributed by atoms with Crippen LogP contribution in [-0.4, -0.2) is 30.3 Å². The van der Waals surface area contributed by atoms with Gasteiger partial charge in [-0.2, -0.15) is 0 Å². The van der Waals surface area contributed by atoms with E-state index in [0.717, 1.165) is 0 Å². The number of aromatic amines is 1. The summed E-state index contributed by atoms with van der Waals surface area (Å²) in [6.07, 6.45) is 1.14. The Balaban J connectivity index is 1.59. The summed E-state index contributed by atoms with van der Waals surface area (Å²) in [6.45, 7) is 0. The van der Waals surface area contributed by atoms with Crippen molar-refractivity contribution in [2.75, 3.05) is 14.2 Å². The molecule has 0 saturated heterocycles. The normalized spacial score (nSPS) is 14.8. The first-order chi connectivity index (χ1) is 18.4. The number of phenolic OH excluding ortho intramolecular Hbond substituents is 1. The molecule has 2 aromatic heterocycles. The highest BCUT2D eigenvalue weighted by molar-refractivity contribution is 5.94. The number of hydrogen-bond acceptors (Lipinski definition) is 8. The summed E-state index contributed by atoms with van der Waals surface area (Å²) < 4.78 is 21.8. The molecule has 9 heteroatoms. The molecule has 1 atom stereocenters. The number of methoxy groups -OCH3 is 2. The Morgan fingerprint density at radius 1 is 0.947 bits per heavy atom. The van der Waals surface area contributed by atoms with Gasteiger partial charge in [-0.05, 0) is 42.0 Å². The Hall–Kier alpha value is -5.05. The highest BCUT2D eigenvalue weighted by Crippen LogP contribution is 2.45. The highest BCUT2D eigenvalue weighted by Gasteiger charge is 2.35. The van der Waals surface area contributed by atoms with Crippen LogP contribution in [0, 0.1) is 0 Å². The molecule has 0 saturated carbocycles. The summed E-state index contributed by atoms with van der Waals surface area (Å²) in [5.41, 5.74) is 1.21. The van der Waals surface area contributed by atoms with Gasteiger partial charge in [-0.25, -0.2) is 0 Å². The first kappa shape index (κ1) is 23.4. The molecule has 0 aliphatic carbocycles. The third kappa shape index (κ3) is 3.67. The van der Waals surface area contributed by atoms with Crippen LogP contribution in [0.2, 0.25) is 0 Å². The molecule has 38 heavy (non-hydrogen) atoms. The zero-order valence-electron chi connectivity index (χ0n) is 20.4. The minimum Gasteiger partial charge on any atom is -0.507 e. The number of aromatic hydroxyl groups is 1. The van der Waals surface area contributed by atoms with Crippen LogP contribution < -0.4 is 25.2 Å². The molecule has 3 aromatic carbocycles. The van der Waals surface area contributed by atoms with Gasteiger partial charge >= 0.3 is 5.97 Å². The van der Waals surface area contributed by atoms with Crippen LogP contribution in [0.5, 0.6) is 23.0 Å². The highest BCUT2D eigenvalue weighted by atomic mass is 16.5. The third-order valence-electron chi connectivity index (χ3n) is 6.83. The fourth-order valence-corrected chi connectivity index (χ4v) is 4.95. The first-order valence-electron chi connectivity index (χ1n) is 11.8. The van der Waals surface area contributed by atoms with E-state index in [1.807, 2.05) is 0 Å². The molecule has 2 N–H and O–H groups in total. The van der Waals surface area contributed by atoms with Crippen molar-refractivity contribution in [3.63, 3.8) is 0 Å². The average Bonchev–Trinajstić information content (AvgIpc) is 2.92. The number of benzene rings is 3. The number of ether oxygens (including phenoxy) is 3. The Morgan fingerprint density at radius 3 is 2.42 bits per heavy atom. The molecule has 0 unspecified atom stereocenters. The molecule has 0 amide bonds. The predicted molar refractivity (Wildman–Crippen MR) is 139 cm³/mol. The molecule has 190 valence electrons. The summed E-state index contributed by atoms with van der Waals surface area (Å²) in [4.78, 5) is 42.1. The number of rotatable bonds is 4. The Morgan fingerprint density at radius 2 is 1.68 bits per heavy atom. The van der Waals surface area contributed by atoms with E-state index >= 15 is 0 Å². The number of carbonyl (C=O) groups is 1. The van der Waals surface area contributed by atoms with Crippen LogP contribution in [-0.2, 0) is 4.79 Å². The van der Waals surface area contributed by atoms with Gasteiger partial charge < -0.3 is 28.7 Å². The van der Waals surface area contributed by atoms with E-state index in [1.165, 1.54) is 12.3 Å². The molecule has 0 fully saturated rings. The van der Waals surface area contributed by atoms with Crippen molar-refractivity contribution in [1.82, 2.24) is 4.98 Å². The fraction of sp³-hybridized carbons (Fsp3) is 0.138. The smallest absolute Gasteiger partial charge is 0.312 e. The largest absolute Gasteiger partial charge is 0.507 e. The second kappa shape index (κ2) is 8.81. The van der Waals surface area contributed by atoms with E-state index < -0.39 is 28.6 Å². The number of pyridine rings is 1. The summed E-state index contributed by atoms with van der Waals surface area (Å²) in [7, 11) is 3.09. The van der Waals surface area contributed by atoms with E-state index in [1.54, 1.807) is 62.8 Å². The van der Waals surface area contributed by atoms with Crippen LogP contribution in [0.25, 0.3) is 33.0 Å². The molecular weight excluding hydrogens is 490 g/mol. The van der Waals surface area contributed by atoms with Gasteiger partial charge in [0.05, 0.1) is 26.2 Å². The van der Waals surface area contributed by atoms with Crippen molar-refractivity contribution in [3.05, 3.63) is 92.6 Å². The van der Waals surface area contributed by atoms with Crippen LogP contribution in [0.3, 0.4) is 0 Å². The van der Waals surface area contributed by atoms with E-state index in [0.29, 0.717) is 33.5 Å². The standard InChI is InChI=1S/C29H21NO8/c1-35-16-5-3-14(4-6-16)20-13-37-28-25-18(11-24(32)38-23(25)12-22(31)26(28)27(20)33)19-10-15-9-17(36-2)7-8-21(15)30-29(19)34/h3-10,12-13,18,31H,11H2,1-2H3,(H,30,34)/t18-/m0/s1. The zero-order chi connectivity index (χ0) is 26.6. The molecule has 0 spiro atoms. The molecule has 6 rings (SSSR count). The van der Waals surface area contributed by atoms with Gasteiger partial charge in [0, 0.05) is 34.0 Å². The molecular formula is C29H21NO8. The van der Waals surface area contributed by atoms with E-state index in [4.69, 9.17) is 18.6 Å². The van der Waals surface area contributed by atoms with Crippen LogP contribution in [0.4, 0.5) is 0 Å². The van der Waals surface area contributed by atoms with Crippen molar-refractivity contribution in [2.24, 2.45) is 0 Å². The van der Waals surface area contributed by atoms with Crippen LogP contribution in [0.15, 0.2) is 74.9 Å². The number of nitrogens with one attached hydrogen (secondary N) is 1. The topological polar surface area (TPSA) is 128 Å². The van der Waals surface area contributed by atoms with Crippen molar-refractivity contribution in [2.45, 2.75) is 12.3 Å². The summed E-state index contributed by atoms with van der Waals surface area (Å²) in [5.74, 6) is -0.507. The second-order valence-corrected chi connectivity index (χ2v) is 8.96. The van der Waals surface area contributed by atoms with Crippen molar-refractivity contribution in [1.29, 1.82) is 0 Å². The summed E-state index contributed by atoms with van der Waals surface area (Å²) in [6, 6.07) is 15.0. The third-order valence-corrected chi connectivity index (χ3v) is 6.83. The first-order valence-corrected chi connectivity index (χ1v) is 11.8. The lowest BCUT2D eigenvalue weighted by atomic mass is 9.85. The Bertz CT molecular complexity index is 1870. The van der Waals surface area contributed by atoms with Crippen LogP contribution >= 0.6 is 0 Å². The molecule has 5 aromatic rings. The minimum atomic E-state index is -0.788. The number of H-pyrrole nitrogens is 1. The van der Waals surface area contributed by atoms with Crippen molar-refractivity contribution < 1.29 is 28.5 Å². The maximum Gasteiger partial charge on any atom is 0.312 e. The average molecular weight is 511 g/mol. The van der Waals surface area contributed by atoms with Gasteiger partial charge in [0.25, 0.3) is 5.56 Å². The van der Waals surface area contributed by atoms with E-state index in [9.17, 15) is 19.5 Å². The monoisotopic (exact) mass is 511 g/mol. The lowest BCUT2D eigenvalue weighted by Gasteiger charge is -2.25. The molecule has 0 bridgehead atoms. The number of phenols is 1. The maximum absolute atomic E-state index is 13.6. The second-order valence-electron chi connectivity index (χ2n) is 8.96. The van der Waals surface area contributed by atoms with Gasteiger partial charge in [0.1, 0.15) is 40.2 Å².